The molecule has 3 aromatic rings. The van der Waals surface area contributed by atoms with Crippen LogP contribution in [0.1, 0.15) is 28.1 Å². The number of primary amides is 1. The van der Waals surface area contributed by atoms with Gasteiger partial charge in [0.25, 0.3) is 5.91 Å². The second kappa shape index (κ2) is 8.03. The Morgan fingerprint density at radius 1 is 1.23 bits per heavy atom. The lowest BCUT2D eigenvalue weighted by Gasteiger charge is -2.32. The van der Waals surface area contributed by atoms with Crippen LogP contribution in [-0.2, 0) is 11.4 Å². The summed E-state index contributed by atoms with van der Waals surface area (Å²) < 4.78 is 5.79. The van der Waals surface area contributed by atoms with Crippen LogP contribution >= 0.6 is 11.3 Å². The number of hydrogen-bond donors (Lipinski definition) is 2. The number of nitrogens with one attached hydrogen (secondary N) is 1. The number of benzene rings is 1. The molecule has 0 saturated carbocycles. The zero-order chi connectivity index (χ0) is 21.4. The van der Waals surface area contributed by atoms with E-state index in [9.17, 15) is 9.59 Å². The molecule has 2 amide bonds. The van der Waals surface area contributed by atoms with Gasteiger partial charge in [0.05, 0.1) is 22.7 Å². The van der Waals surface area contributed by atoms with E-state index in [4.69, 9.17) is 10.5 Å². The van der Waals surface area contributed by atoms with E-state index >= 15 is 0 Å². The van der Waals surface area contributed by atoms with Crippen LogP contribution in [0.2, 0.25) is 0 Å². The number of carbonyl (C=O) groups is 2. The van der Waals surface area contributed by atoms with Crippen molar-refractivity contribution >= 4 is 34.7 Å². The summed E-state index contributed by atoms with van der Waals surface area (Å²) in [5.41, 5.74) is 8.14. The summed E-state index contributed by atoms with van der Waals surface area (Å²) in [6.07, 6.45) is 3.37. The summed E-state index contributed by atoms with van der Waals surface area (Å²) in [5.74, 6) is 1.05. The van der Waals surface area contributed by atoms with Crippen LogP contribution in [0.5, 0.6) is 5.75 Å². The van der Waals surface area contributed by atoms with Crippen molar-refractivity contribution in [2.75, 3.05) is 23.3 Å². The highest BCUT2D eigenvalue weighted by Gasteiger charge is 2.25. The first-order chi connectivity index (χ1) is 15.1. The maximum absolute atomic E-state index is 12.8. The lowest BCUT2D eigenvalue weighted by atomic mass is 9.97. The molecular formula is C23H22N4O3S. The second-order valence-electron chi connectivity index (χ2n) is 7.80. The van der Waals surface area contributed by atoms with Crippen LogP contribution in [-0.4, -0.2) is 29.9 Å². The molecule has 5 rings (SSSR count). The number of nitrogens with zero attached hydrogens (tertiary/aromatic N) is 2. The number of anilines is 2. The molecule has 1 aromatic carbocycles. The number of rotatable bonds is 4. The molecule has 4 heterocycles. The number of ether oxygens (including phenoxy) is 1. The number of fused-ring (bicyclic) bond motifs is 3. The topological polar surface area (TPSA) is 97.6 Å². The van der Waals surface area contributed by atoms with Gasteiger partial charge < -0.3 is 20.7 Å². The third-order valence-electron chi connectivity index (χ3n) is 5.70. The molecule has 0 bridgehead atoms. The van der Waals surface area contributed by atoms with E-state index in [1.54, 1.807) is 6.20 Å². The molecule has 7 nitrogen and oxygen atoms in total. The van der Waals surface area contributed by atoms with Gasteiger partial charge in [0.15, 0.2) is 0 Å². The number of para-hydroxylation sites is 1. The quantitative estimate of drug-likeness (QED) is 0.653. The summed E-state index contributed by atoms with van der Waals surface area (Å²) in [4.78, 5) is 32.6. The lowest BCUT2D eigenvalue weighted by Crippen LogP contribution is -2.41. The Kier molecular flexibility index (Phi) is 5.07. The van der Waals surface area contributed by atoms with Crippen LogP contribution in [0.3, 0.4) is 0 Å². The second-order valence-corrected chi connectivity index (χ2v) is 8.85. The van der Waals surface area contributed by atoms with E-state index in [0.717, 1.165) is 47.0 Å². The molecule has 0 aliphatic carbocycles. The number of pyridine rings is 1. The Hall–Kier alpha value is -3.39. The van der Waals surface area contributed by atoms with Crippen molar-refractivity contribution in [2.45, 2.75) is 19.4 Å². The van der Waals surface area contributed by atoms with Gasteiger partial charge in [-0.3, -0.25) is 9.59 Å². The summed E-state index contributed by atoms with van der Waals surface area (Å²) >= 11 is 1.47. The predicted octanol–water partition coefficient (Wildman–Crippen LogP) is 3.66. The van der Waals surface area contributed by atoms with Crippen molar-refractivity contribution in [3.05, 3.63) is 59.1 Å². The maximum atomic E-state index is 12.8. The molecule has 1 unspecified atom stereocenters. The number of carbonyl (C=O) groups excluding carboxylic acids is 2. The predicted molar refractivity (Wildman–Crippen MR) is 120 cm³/mol. The number of piperidine rings is 1. The van der Waals surface area contributed by atoms with Gasteiger partial charge in [-0.1, -0.05) is 12.1 Å². The van der Waals surface area contributed by atoms with Gasteiger partial charge in [-0.25, -0.2) is 4.98 Å². The van der Waals surface area contributed by atoms with Crippen molar-refractivity contribution in [2.24, 2.45) is 11.7 Å². The summed E-state index contributed by atoms with van der Waals surface area (Å²) in [7, 11) is 0. The van der Waals surface area contributed by atoms with Gasteiger partial charge >= 0.3 is 0 Å². The average molecular weight is 435 g/mol. The van der Waals surface area contributed by atoms with Gasteiger partial charge in [0.2, 0.25) is 5.91 Å². The molecule has 2 aliphatic heterocycles. The number of nitrogens with two attached hydrogens (primary N) is 1. The molecule has 2 aliphatic rings. The van der Waals surface area contributed by atoms with Crippen LogP contribution in [0.25, 0.3) is 10.4 Å². The fourth-order valence-corrected chi connectivity index (χ4v) is 5.16. The van der Waals surface area contributed by atoms with Crippen molar-refractivity contribution in [1.82, 2.24) is 4.98 Å². The molecule has 1 saturated heterocycles. The Labute approximate surface area is 183 Å². The molecule has 0 radical (unpaired) electrons. The molecule has 1 fully saturated rings. The molecule has 0 spiro atoms. The van der Waals surface area contributed by atoms with E-state index in [2.05, 4.69) is 15.2 Å². The molecule has 2 aromatic heterocycles. The van der Waals surface area contributed by atoms with Crippen molar-refractivity contribution < 1.29 is 14.3 Å². The third-order valence-corrected chi connectivity index (χ3v) is 6.91. The van der Waals surface area contributed by atoms with Crippen LogP contribution in [0.4, 0.5) is 11.5 Å². The minimum absolute atomic E-state index is 0.145. The van der Waals surface area contributed by atoms with E-state index < -0.39 is 0 Å². The first-order valence-electron chi connectivity index (χ1n) is 10.2. The summed E-state index contributed by atoms with van der Waals surface area (Å²) in [6.45, 7) is 1.89. The van der Waals surface area contributed by atoms with Gasteiger partial charge in [-0.05, 0) is 43.2 Å². The Balaban J connectivity index is 1.29. The highest BCUT2D eigenvalue weighted by molar-refractivity contribution is 7.17. The first kappa shape index (κ1) is 19.6. The Morgan fingerprint density at radius 3 is 2.90 bits per heavy atom. The standard InChI is InChI=1S/C23H22N4O3S/c24-22(28)14-4-3-9-27(12-14)20-8-7-16(11-25-20)26-23(29)19-10-15-13-30-18-6-2-1-5-17(18)21(15)31-19/h1-2,5-8,10-11,14H,3-4,9,12-13H2,(H2,24,28)(H,26,29). The fraction of sp³-hybridized carbons (Fsp3) is 0.261. The molecule has 31 heavy (non-hydrogen) atoms. The first-order valence-corrected chi connectivity index (χ1v) is 11.1. The van der Waals surface area contributed by atoms with Crippen LogP contribution in [0.15, 0.2) is 48.7 Å². The number of aromatic nitrogens is 1. The summed E-state index contributed by atoms with van der Waals surface area (Å²) in [5, 5.41) is 2.92. The average Bonchev–Trinajstić information content (AvgIpc) is 3.25. The fourth-order valence-electron chi connectivity index (χ4n) is 4.07. The molecule has 1 atom stereocenters. The number of amides is 2. The highest BCUT2D eigenvalue weighted by Crippen LogP contribution is 2.42. The Morgan fingerprint density at radius 2 is 2.10 bits per heavy atom. The van der Waals surface area contributed by atoms with E-state index in [1.807, 2.05) is 42.5 Å². The highest BCUT2D eigenvalue weighted by atomic mass is 32.1. The maximum Gasteiger partial charge on any atom is 0.265 e. The normalized spacial score (nSPS) is 17.3. The van der Waals surface area contributed by atoms with E-state index in [-0.39, 0.29) is 17.7 Å². The van der Waals surface area contributed by atoms with Crippen molar-refractivity contribution in [3.63, 3.8) is 0 Å². The molecule has 158 valence electrons. The van der Waals surface area contributed by atoms with E-state index in [1.165, 1.54) is 11.3 Å². The zero-order valence-corrected chi connectivity index (χ0v) is 17.7. The monoisotopic (exact) mass is 434 g/mol. The Bertz CT molecular complexity index is 1140. The van der Waals surface area contributed by atoms with Crippen LogP contribution < -0.4 is 20.7 Å². The number of hydrogen-bond acceptors (Lipinski definition) is 6. The largest absolute Gasteiger partial charge is 0.488 e. The van der Waals surface area contributed by atoms with E-state index in [0.29, 0.717) is 23.7 Å². The van der Waals surface area contributed by atoms with Crippen molar-refractivity contribution in [1.29, 1.82) is 0 Å². The minimum atomic E-state index is -0.264. The van der Waals surface area contributed by atoms with Crippen molar-refractivity contribution in [3.8, 4) is 16.2 Å². The van der Waals surface area contributed by atoms with Crippen LogP contribution in [0, 0.1) is 5.92 Å². The molecule has 8 heteroatoms. The zero-order valence-electron chi connectivity index (χ0n) is 16.8. The van der Waals surface area contributed by atoms with Gasteiger partial charge in [0.1, 0.15) is 18.2 Å². The minimum Gasteiger partial charge on any atom is -0.488 e. The smallest absolute Gasteiger partial charge is 0.265 e. The van der Waals surface area contributed by atoms with Gasteiger partial charge in [0, 0.05) is 29.1 Å². The lowest BCUT2D eigenvalue weighted by molar-refractivity contribution is -0.122. The molecule has 3 N–H and O–H groups in total. The number of thiophene rings is 1. The van der Waals surface area contributed by atoms with Gasteiger partial charge in [-0.2, -0.15) is 0 Å². The third kappa shape index (κ3) is 3.86. The van der Waals surface area contributed by atoms with Gasteiger partial charge in [-0.15, -0.1) is 11.3 Å². The summed E-state index contributed by atoms with van der Waals surface area (Å²) in [6, 6.07) is 13.5. The SMILES string of the molecule is NC(=O)C1CCCN(c2ccc(NC(=O)c3cc4c(s3)-c3ccccc3OC4)cn2)C1. The molecular weight excluding hydrogens is 412 g/mol.